The van der Waals surface area contributed by atoms with Crippen LogP contribution in [-0.4, -0.2) is 24.4 Å². The molecule has 16 heavy (non-hydrogen) atoms. The molecule has 0 atom stereocenters. The number of amides is 1. The molecule has 1 aromatic carbocycles. The molecule has 3 nitrogen and oxygen atoms in total. The topological polar surface area (TPSA) is 46.3 Å². The highest BCUT2D eigenvalue weighted by Crippen LogP contribution is 2.18. The zero-order valence-corrected chi connectivity index (χ0v) is 8.63. The number of rotatable bonds is 2. The number of carbonyl (C=O) groups is 1. The van der Waals surface area contributed by atoms with Crippen molar-refractivity contribution in [2.24, 2.45) is 0 Å². The minimum atomic E-state index is -1.12. The standard InChI is InChI=1S/C11H10F2N2O/c1-3-4-15(2)11(16)7-5-8(12)9(13)6-10(7)14/h1,5-6H,4,14H2,2H3. The van der Waals surface area contributed by atoms with Crippen molar-refractivity contribution < 1.29 is 13.6 Å². The third kappa shape index (κ3) is 2.28. The molecule has 0 bridgehead atoms. The van der Waals surface area contributed by atoms with E-state index in [-0.39, 0.29) is 17.8 Å². The Balaban J connectivity index is 3.10. The number of hydrogen-bond acceptors (Lipinski definition) is 2. The van der Waals surface area contributed by atoms with E-state index in [0.717, 1.165) is 12.1 Å². The average molecular weight is 224 g/mol. The first-order valence-electron chi connectivity index (χ1n) is 4.40. The van der Waals surface area contributed by atoms with Crippen LogP contribution >= 0.6 is 0 Å². The highest BCUT2D eigenvalue weighted by Gasteiger charge is 2.17. The number of anilines is 1. The molecule has 1 amide bonds. The third-order valence-corrected chi connectivity index (χ3v) is 2.00. The lowest BCUT2D eigenvalue weighted by Crippen LogP contribution is -2.27. The van der Waals surface area contributed by atoms with Gasteiger partial charge in [-0.25, -0.2) is 8.78 Å². The van der Waals surface area contributed by atoms with E-state index in [2.05, 4.69) is 5.92 Å². The Morgan fingerprint density at radius 3 is 2.62 bits per heavy atom. The molecular formula is C11H10F2N2O. The average Bonchev–Trinajstić information content (AvgIpc) is 2.23. The van der Waals surface area contributed by atoms with Gasteiger partial charge in [-0.15, -0.1) is 6.42 Å². The number of nitrogens with two attached hydrogens (primary N) is 1. The summed E-state index contributed by atoms with van der Waals surface area (Å²) in [5.74, 6) is -0.495. The molecular weight excluding hydrogens is 214 g/mol. The molecule has 0 saturated carbocycles. The van der Waals surface area contributed by atoms with E-state index in [1.54, 1.807) is 0 Å². The van der Waals surface area contributed by atoms with Gasteiger partial charge in [-0.3, -0.25) is 4.79 Å². The van der Waals surface area contributed by atoms with E-state index >= 15 is 0 Å². The van der Waals surface area contributed by atoms with Crippen LogP contribution in [0.3, 0.4) is 0 Å². The summed E-state index contributed by atoms with van der Waals surface area (Å²) < 4.78 is 25.7. The van der Waals surface area contributed by atoms with E-state index in [1.165, 1.54) is 11.9 Å². The second-order valence-corrected chi connectivity index (χ2v) is 3.22. The zero-order valence-electron chi connectivity index (χ0n) is 8.63. The van der Waals surface area contributed by atoms with Gasteiger partial charge in [0.15, 0.2) is 11.6 Å². The van der Waals surface area contributed by atoms with Crippen LogP contribution in [0.1, 0.15) is 10.4 Å². The summed E-state index contributed by atoms with van der Waals surface area (Å²) in [7, 11) is 1.45. The van der Waals surface area contributed by atoms with Crippen molar-refractivity contribution in [3.63, 3.8) is 0 Å². The van der Waals surface area contributed by atoms with Crippen LogP contribution in [0.15, 0.2) is 12.1 Å². The summed E-state index contributed by atoms with van der Waals surface area (Å²) in [4.78, 5) is 12.9. The van der Waals surface area contributed by atoms with Gasteiger partial charge in [0, 0.05) is 18.8 Å². The SMILES string of the molecule is C#CCN(C)C(=O)c1cc(F)c(F)cc1N. The predicted molar refractivity (Wildman–Crippen MR) is 56.6 cm³/mol. The molecule has 5 heteroatoms. The maximum Gasteiger partial charge on any atom is 0.256 e. The number of carbonyl (C=O) groups excluding carboxylic acids is 1. The smallest absolute Gasteiger partial charge is 0.256 e. The Hall–Kier alpha value is -2.09. The van der Waals surface area contributed by atoms with Crippen LogP contribution in [0.5, 0.6) is 0 Å². The summed E-state index contributed by atoms with van der Waals surface area (Å²) in [6, 6.07) is 1.53. The fourth-order valence-electron chi connectivity index (χ4n) is 1.16. The molecule has 0 radical (unpaired) electrons. The van der Waals surface area contributed by atoms with Gasteiger partial charge in [0.2, 0.25) is 0 Å². The Morgan fingerprint density at radius 1 is 1.50 bits per heavy atom. The summed E-state index contributed by atoms with van der Waals surface area (Å²) in [6.07, 6.45) is 5.03. The fourth-order valence-corrected chi connectivity index (χ4v) is 1.16. The molecule has 0 heterocycles. The highest BCUT2D eigenvalue weighted by molar-refractivity contribution is 5.99. The first kappa shape index (κ1) is 12.0. The molecule has 1 rings (SSSR count). The van der Waals surface area contributed by atoms with Gasteiger partial charge < -0.3 is 10.6 Å². The number of halogens is 2. The van der Waals surface area contributed by atoms with Gasteiger partial charge in [0.25, 0.3) is 5.91 Å². The lowest BCUT2D eigenvalue weighted by atomic mass is 10.1. The lowest BCUT2D eigenvalue weighted by molar-refractivity contribution is 0.0813. The minimum absolute atomic E-state index is 0.0667. The number of nitrogens with zero attached hydrogens (tertiary/aromatic N) is 1. The first-order chi connectivity index (χ1) is 7.47. The molecule has 0 aliphatic heterocycles. The second-order valence-electron chi connectivity index (χ2n) is 3.22. The van der Waals surface area contributed by atoms with Gasteiger partial charge in [-0.2, -0.15) is 0 Å². The van der Waals surface area contributed by atoms with Crippen LogP contribution in [-0.2, 0) is 0 Å². The molecule has 0 aliphatic carbocycles. The van der Waals surface area contributed by atoms with Crippen LogP contribution in [0.2, 0.25) is 0 Å². The third-order valence-electron chi connectivity index (χ3n) is 2.00. The van der Waals surface area contributed by atoms with Gasteiger partial charge in [0.1, 0.15) is 0 Å². The first-order valence-corrected chi connectivity index (χ1v) is 4.40. The van der Waals surface area contributed by atoms with Gasteiger partial charge in [-0.05, 0) is 6.07 Å². The van der Waals surface area contributed by atoms with Crippen LogP contribution in [0, 0.1) is 24.0 Å². The lowest BCUT2D eigenvalue weighted by Gasteiger charge is -2.15. The number of nitrogen functional groups attached to an aromatic ring is 1. The van der Waals surface area contributed by atoms with Crippen molar-refractivity contribution in [2.45, 2.75) is 0 Å². The molecule has 0 saturated heterocycles. The van der Waals surface area contributed by atoms with Gasteiger partial charge in [-0.1, -0.05) is 5.92 Å². The van der Waals surface area contributed by atoms with Crippen molar-refractivity contribution >= 4 is 11.6 Å². The van der Waals surface area contributed by atoms with E-state index in [0.29, 0.717) is 0 Å². The highest BCUT2D eigenvalue weighted by atomic mass is 19.2. The summed E-state index contributed by atoms with van der Waals surface area (Å²) in [6.45, 7) is 0.0667. The Bertz CT molecular complexity index is 466. The largest absolute Gasteiger partial charge is 0.398 e. The van der Waals surface area contributed by atoms with E-state index in [9.17, 15) is 13.6 Å². The van der Waals surface area contributed by atoms with E-state index in [4.69, 9.17) is 12.2 Å². The molecule has 0 unspecified atom stereocenters. The van der Waals surface area contributed by atoms with Crippen molar-refractivity contribution in [2.75, 3.05) is 19.3 Å². The molecule has 1 aromatic rings. The van der Waals surface area contributed by atoms with Crippen molar-refractivity contribution in [1.29, 1.82) is 0 Å². The number of terminal acetylenes is 1. The van der Waals surface area contributed by atoms with E-state index in [1.807, 2.05) is 0 Å². The second kappa shape index (κ2) is 4.62. The summed E-state index contributed by atoms with van der Waals surface area (Å²) >= 11 is 0. The molecule has 0 aromatic heterocycles. The van der Waals surface area contributed by atoms with Crippen molar-refractivity contribution in [1.82, 2.24) is 4.90 Å². The minimum Gasteiger partial charge on any atom is -0.398 e. The normalized spacial score (nSPS) is 9.62. The number of benzene rings is 1. The van der Waals surface area contributed by atoms with Crippen LogP contribution in [0.25, 0.3) is 0 Å². The summed E-state index contributed by atoms with van der Waals surface area (Å²) in [5, 5.41) is 0. The quantitative estimate of drug-likeness (QED) is 0.607. The predicted octanol–water partition coefficient (Wildman–Crippen LogP) is 1.25. The van der Waals surface area contributed by atoms with Crippen LogP contribution < -0.4 is 5.73 Å². The molecule has 0 spiro atoms. The van der Waals surface area contributed by atoms with Gasteiger partial charge >= 0.3 is 0 Å². The number of hydrogen-bond donors (Lipinski definition) is 1. The molecule has 0 fully saturated rings. The fraction of sp³-hybridized carbons (Fsp3) is 0.182. The van der Waals surface area contributed by atoms with Crippen molar-refractivity contribution in [3.05, 3.63) is 29.3 Å². The zero-order chi connectivity index (χ0) is 12.3. The Kier molecular flexibility index (Phi) is 3.46. The Morgan fingerprint density at radius 2 is 2.06 bits per heavy atom. The van der Waals surface area contributed by atoms with E-state index < -0.39 is 17.5 Å². The van der Waals surface area contributed by atoms with Crippen molar-refractivity contribution in [3.8, 4) is 12.3 Å². The molecule has 0 aliphatic rings. The maximum absolute atomic E-state index is 12.9. The monoisotopic (exact) mass is 224 g/mol. The Labute approximate surface area is 91.8 Å². The van der Waals surface area contributed by atoms with Gasteiger partial charge in [0.05, 0.1) is 12.1 Å². The maximum atomic E-state index is 12.9. The molecule has 84 valence electrons. The summed E-state index contributed by atoms with van der Waals surface area (Å²) in [5.41, 5.74) is 5.20. The van der Waals surface area contributed by atoms with Crippen LogP contribution in [0.4, 0.5) is 14.5 Å². The molecule has 2 N–H and O–H groups in total.